The number of halogens is 2. The molecule has 0 spiro atoms. The molecule has 0 radical (unpaired) electrons. The van der Waals surface area contributed by atoms with Crippen molar-refractivity contribution < 1.29 is 18.7 Å². The maximum absolute atomic E-state index is 13.7. The normalized spacial score (nSPS) is 17.2. The summed E-state index contributed by atoms with van der Waals surface area (Å²) >= 11 is 1.71. The number of aliphatic hydroxyl groups is 1. The molecular weight excluding hydrogens is 482 g/mol. The third-order valence-electron chi connectivity index (χ3n) is 6.23. The van der Waals surface area contributed by atoms with Crippen molar-refractivity contribution in [1.82, 2.24) is 10.6 Å². The van der Waals surface area contributed by atoms with Crippen molar-refractivity contribution in [1.29, 1.82) is 0 Å². The van der Waals surface area contributed by atoms with Crippen molar-refractivity contribution >= 4 is 25.3 Å². The second-order valence-corrected chi connectivity index (χ2v) is 16.4. The summed E-state index contributed by atoms with van der Waals surface area (Å²) in [5, 5.41) is 17.4. The summed E-state index contributed by atoms with van der Waals surface area (Å²) in [7, 11) is -1.47. The van der Waals surface area contributed by atoms with E-state index in [1.54, 1.807) is 11.3 Å². The highest BCUT2D eigenvalue weighted by molar-refractivity contribution is 7.12. The lowest BCUT2D eigenvalue weighted by atomic mass is 9.80. The number of carbonyl (C=O) groups excluding carboxylic acids is 1. The molecule has 1 saturated carbocycles. The Morgan fingerprint density at radius 3 is 2.40 bits per heavy atom. The Morgan fingerprint density at radius 2 is 1.80 bits per heavy atom. The van der Waals surface area contributed by atoms with E-state index < -0.39 is 31.9 Å². The summed E-state index contributed by atoms with van der Waals surface area (Å²) in [6, 6.07) is 6.82. The van der Waals surface area contributed by atoms with Crippen molar-refractivity contribution in [2.24, 2.45) is 0 Å². The molecule has 35 heavy (non-hydrogen) atoms. The second-order valence-electron chi connectivity index (χ2n) is 10.5. The molecule has 0 bridgehead atoms. The fraction of sp³-hybridized carbons (Fsp3) is 0.519. The van der Waals surface area contributed by atoms with Crippen molar-refractivity contribution in [3.63, 3.8) is 0 Å². The Balaban J connectivity index is 1.77. The molecule has 1 heterocycles. The van der Waals surface area contributed by atoms with E-state index in [-0.39, 0.29) is 24.4 Å². The summed E-state index contributed by atoms with van der Waals surface area (Å²) in [6.45, 7) is 8.30. The molecule has 2 atom stereocenters. The topological polar surface area (TPSA) is 61.4 Å². The van der Waals surface area contributed by atoms with E-state index in [0.717, 1.165) is 36.6 Å². The monoisotopic (exact) mass is 518 g/mol. The number of benzene rings is 1. The molecule has 190 valence electrons. The van der Waals surface area contributed by atoms with Gasteiger partial charge in [-0.05, 0) is 49.1 Å². The molecule has 0 saturated heterocycles. The van der Waals surface area contributed by atoms with Gasteiger partial charge in [-0.15, -0.1) is 16.9 Å². The molecule has 8 heteroatoms. The zero-order valence-electron chi connectivity index (χ0n) is 21.0. The molecule has 1 aliphatic rings. The van der Waals surface area contributed by atoms with Crippen molar-refractivity contribution in [3.05, 3.63) is 57.3 Å². The Kier molecular flexibility index (Phi) is 9.27. The number of hydrogen-bond donors (Lipinski definition) is 3. The molecule has 1 aromatic carbocycles. The number of aliphatic hydroxyl groups excluding tert-OH is 1. The molecule has 3 rings (SSSR count). The van der Waals surface area contributed by atoms with E-state index in [2.05, 4.69) is 53.9 Å². The lowest BCUT2D eigenvalue weighted by Crippen LogP contribution is -2.52. The van der Waals surface area contributed by atoms with Gasteiger partial charge in [-0.2, -0.15) is 0 Å². The van der Waals surface area contributed by atoms with E-state index in [4.69, 9.17) is 0 Å². The highest BCUT2D eigenvalue weighted by atomic mass is 32.1. The van der Waals surface area contributed by atoms with Gasteiger partial charge in [0.05, 0.1) is 22.6 Å². The predicted molar refractivity (Wildman–Crippen MR) is 141 cm³/mol. The van der Waals surface area contributed by atoms with Gasteiger partial charge in [0.2, 0.25) is 5.91 Å². The largest absolute Gasteiger partial charge is 0.390 e. The van der Waals surface area contributed by atoms with Crippen LogP contribution < -0.4 is 10.6 Å². The van der Waals surface area contributed by atoms with E-state index >= 15 is 0 Å². The van der Waals surface area contributed by atoms with Crippen molar-refractivity contribution in [2.45, 2.75) is 82.8 Å². The van der Waals surface area contributed by atoms with E-state index in [1.165, 1.54) is 30.4 Å². The minimum Gasteiger partial charge on any atom is -0.390 e. The molecule has 3 N–H and O–H groups in total. The fourth-order valence-electron chi connectivity index (χ4n) is 4.55. The zero-order valence-corrected chi connectivity index (χ0v) is 22.8. The Labute approximate surface area is 212 Å². The van der Waals surface area contributed by atoms with Crippen LogP contribution in [0.1, 0.15) is 54.3 Å². The minimum absolute atomic E-state index is 0.125. The van der Waals surface area contributed by atoms with Crippen LogP contribution in [-0.2, 0) is 16.8 Å². The van der Waals surface area contributed by atoms with Gasteiger partial charge in [0.1, 0.15) is 19.7 Å². The lowest BCUT2D eigenvalue weighted by Gasteiger charge is -2.39. The molecule has 1 amide bonds. The first kappa shape index (κ1) is 27.5. The first-order chi connectivity index (χ1) is 16.5. The van der Waals surface area contributed by atoms with Crippen LogP contribution >= 0.6 is 11.3 Å². The quantitative estimate of drug-likeness (QED) is 0.336. The summed E-state index contributed by atoms with van der Waals surface area (Å²) in [6.07, 6.45) is 4.47. The van der Waals surface area contributed by atoms with Gasteiger partial charge in [0.15, 0.2) is 0 Å². The molecule has 0 aliphatic heterocycles. The highest BCUT2D eigenvalue weighted by Gasteiger charge is 2.36. The summed E-state index contributed by atoms with van der Waals surface area (Å²) in [5.41, 5.74) is 3.56. The SMILES string of the molecule is CC(=O)NC(Cc1cc(F)cc(F)c1)C(O)CNC1(c2ccc(C#C[Si](C)(C)C)s2)CCCCC1. The van der Waals surface area contributed by atoms with Crippen molar-refractivity contribution in [2.75, 3.05) is 6.54 Å². The average Bonchev–Trinajstić information content (AvgIpc) is 3.25. The molecular formula is C27H36F2N2O2SSi. The van der Waals surface area contributed by atoms with Crippen LogP contribution in [-0.4, -0.2) is 37.8 Å². The maximum atomic E-state index is 13.7. The van der Waals surface area contributed by atoms with Crippen LogP contribution in [0.2, 0.25) is 19.6 Å². The van der Waals surface area contributed by atoms with Crippen LogP contribution in [0, 0.1) is 23.1 Å². The number of rotatable bonds is 8. The van der Waals surface area contributed by atoms with Crippen LogP contribution in [0.3, 0.4) is 0 Å². The Morgan fingerprint density at radius 1 is 1.14 bits per heavy atom. The summed E-state index contributed by atoms with van der Waals surface area (Å²) in [5.74, 6) is 1.68. The molecule has 1 aromatic heterocycles. The van der Waals surface area contributed by atoms with Gasteiger partial charge >= 0.3 is 0 Å². The fourth-order valence-corrected chi connectivity index (χ4v) is 6.23. The van der Waals surface area contributed by atoms with Crippen LogP contribution in [0.4, 0.5) is 8.78 Å². The van der Waals surface area contributed by atoms with Gasteiger partial charge in [-0.25, -0.2) is 8.78 Å². The van der Waals surface area contributed by atoms with Gasteiger partial charge in [-0.3, -0.25) is 4.79 Å². The van der Waals surface area contributed by atoms with Gasteiger partial charge in [0.25, 0.3) is 0 Å². The van der Waals surface area contributed by atoms with Gasteiger partial charge < -0.3 is 15.7 Å². The van der Waals surface area contributed by atoms with Crippen molar-refractivity contribution in [3.8, 4) is 11.5 Å². The third-order valence-corrected chi connectivity index (χ3v) is 8.31. The lowest BCUT2D eigenvalue weighted by molar-refractivity contribution is -0.120. The smallest absolute Gasteiger partial charge is 0.217 e. The first-order valence-corrected chi connectivity index (χ1v) is 16.6. The number of thiophene rings is 1. The van der Waals surface area contributed by atoms with Crippen LogP contribution in [0.5, 0.6) is 0 Å². The van der Waals surface area contributed by atoms with Crippen LogP contribution in [0.25, 0.3) is 0 Å². The molecule has 1 aliphatic carbocycles. The number of amides is 1. The zero-order chi connectivity index (χ0) is 25.6. The van der Waals surface area contributed by atoms with E-state index in [0.29, 0.717) is 5.56 Å². The number of nitrogens with one attached hydrogen (secondary N) is 2. The molecule has 4 nitrogen and oxygen atoms in total. The van der Waals surface area contributed by atoms with E-state index in [1.807, 2.05) is 0 Å². The second kappa shape index (κ2) is 11.8. The minimum atomic E-state index is -1.47. The van der Waals surface area contributed by atoms with Gasteiger partial charge in [0, 0.05) is 24.4 Å². The van der Waals surface area contributed by atoms with Crippen LogP contribution in [0.15, 0.2) is 30.3 Å². The highest BCUT2D eigenvalue weighted by Crippen LogP contribution is 2.40. The average molecular weight is 519 g/mol. The molecule has 2 aromatic rings. The molecule has 1 fully saturated rings. The van der Waals surface area contributed by atoms with Gasteiger partial charge in [-0.1, -0.05) is 44.8 Å². The molecule has 2 unspecified atom stereocenters. The Bertz CT molecular complexity index is 1060. The standard InChI is InChI=1S/C27H36F2N2O2SSi/c1-19(32)31-24(16-20-14-21(28)17-22(29)15-20)25(33)18-30-27(11-6-5-7-12-27)26-9-8-23(34-26)10-13-35(2,3)4/h8-9,14-15,17,24-25,30,33H,5-7,11-12,16,18H2,1-4H3,(H,31,32). The summed E-state index contributed by atoms with van der Waals surface area (Å²) in [4.78, 5) is 14.1. The Hall–Kier alpha value is -2.05. The van der Waals surface area contributed by atoms with E-state index in [9.17, 15) is 18.7 Å². The first-order valence-electron chi connectivity index (χ1n) is 12.2. The number of carbonyl (C=O) groups is 1. The maximum Gasteiger partial charge on any atom is 0.217 e. The summed E-state index contributed by atoms with van der Waals surface area (Å²) < 4.78 is 27.4. The predicted octanol–water partition coefficient (Wildman–Crippen LogP) is 5.11. The third kappa shape index (κ3) is 8.25. The number of hydrogen-bond acceptors (Lipinski definition) is 4.